The van der Waals surface area contributed by atoms with E-state index >= 15 is 0 Å². The van der Waals surface area contributed by atoms with Crippen LogP contribution in [0.1, 0.15) is 39.5 Å². The molecule has 2 atom stereocenters. The first-order valence-electron chi connectivity index (χ1n) is 4.22. The number of rotatable bonds is 0. The molecule has 1 aliphatic carbocycles. The summed E-state index contributed by atoms with van der Waals surface area (Å²) in [4.78, 5) is 11.0. The summed E-state index contributed by atoms with van der Waals surface area (Å²) in [7, 11) is 0. The van der Waals surface area contributed by atoms with Crippen molar-refractivity contribution in [2.45, 2.75) is 39.5 Å². The van der Waals surface area contributed by atoms with Crippen LogP contribution in [0, 0.1) is 11.8 Å². The van der Waals surface area contributed by atoms with Crippen LogP contribution in [0.25, 0.3) is 0 Å². The summed E-state index contributed by atoms with van der Waals surface area (Å²) in [6.07, 6.45) is 3.87. The van der Waals surface area contributed by atoms with Crippen molar-refractivity contribution in [3.63, 3.8) is 0 Å². The maximum atomic E-state index is 11.0. The number of hydrogen-bond donors (Lipinski definition) is 0. The van der Waals surface area contributed by atoms with Gasteiger partial charge in [0.15, 0.2) is 0 Å². The summed E-state index contributed by atoms with van der Waals surface area (Å²) in [5.41, 5.74) is 0. The molecular weight excluding hydrogens is 124 g/mol. The topological polar surface area (TPSA) is 17.1 Å². The first-order chi connectivity index (χ1) is 4.70. The van der Waals surface area contributed by atoms with Crippen molar-refractivity contribution in [2.75, 3.05) is 0 Å². The molecule has 0 N–H and O–H groups in total. The zero-order chi connectivity index (χ0) is 7.56. The van der Waals surface area contributed by atoms with E-state index in [1.807, 2.05) is 0 Å². The van der Waals surface area contributed by atoms with Gasteiger partial charge >= 0.3 is 0 Å². The molecule has 0 saturated heterocycles. The molecule has 1 aliphatic rings. The van der Waals surface area contributed by atoms with Crippen molar-refractivity contribution in [3.05, 3.63) is 0 Å². The van der Waals surface area contributed by atoms with Crippen molar-refractivity contribution in [1.82, 2.24) is 0 Å². The van der Waals surface area contributed by atoms with Gasteiger partial charge in [0.25, 0.3) is 0 Å². The van der Waals surface area contributed by atoms with E-state index in [0.29, 0.717) is 5.78 Å². The SMILES string of the molecule is C[C@@H]1CCC(=O)CC[C@H]1C. The molecule has 58 valence electrons. The van der Waals surface area contributed by atoms with E-state index in [0.717, 1.165) is 37.5 Å². The summed E-state index contributed by atoms with van der Waals surface area (Å²) in [6.45, 7) is 4.51. The fourth-order valence-corrected chi connectivity index (χ4v) is 1.47. The number of ketones is 1. The molecule has 0 aromatic heterocycles. The van der Waals surface area contributed by atoms with Gasteiger partial charge < -0.3 is 0 Å². The van der Waals surface area contributed by atoms with Crippen LogP contribution in [0.15, 0.2) is 0 Å². The van der Waals surface area contributed by atoms with Gasteiger partial charge in [-0.25, -0.2) is 0 Å². The van der Waals surface area contributed by atoms with E-state index < -0.39 is 0 Å². The molecule has 0 unspecified atom stereocenters. The molecular formula is C9H16O. The van der Waals surface area contributed by atoms with Crippen LogP contribution in [-0.4, -0.2) is 5.78 Å². The maximum absolute atomic E-state index is 11.0. The van der Waals surface area contributed by atoms with E-state index in [2.05, 4.69) is 13.8 Å². The predicted molar refractivity (Wildman–Crippen MR) is 41.8 cm³/mol. The molecule has 0 aromatic rings. The monoisotopic (exact) mass is 140 g/mol. The Bertz CT molecular complexity index is 115. The molecule has 10 heavy (non-hydrogen) atoms. The van der Waals surface area contributed by atoms with Crippen LogP contribution in [0.4, 0.5) is 0 Å². The van der Waals surface area contributed by atoms with Crippen molar-refractivity contribution in [1.29, 1.82) is 0 Å². The predicted octanol–water partition coefficient (Wildman–Crippen LogP) is 2.40. The zero-order valence-electron chi connectivity index (χ0n) is 6.89. The lowest BCUT2D eigenvalue weighted by Gasteiger charge is -2.14. The fraction of sp³-hybridized carbons (Fsp3) is 0.889. The number of hydrogen-bond acceptors (Lipinski definition) is 1. The molecule has 1 fully saturated rings. The Labute approximate surface area is 62.8 Å². The van der Waals surface area contributed by atoms with Gasteiger partial charge in [-0.1, -0.05) is 13.8 Å². The van der Waals surface area contributed by atoms with Gasteiger partial charge in [-0.05, 0) is 24.7 Å². The highest BCUT2D eigenvalue weighted by atomic mass is 16.1. The Balaban J connectivity index is 2.46. The first kappa shape index (κ1) is 7.77. The zero-order valence-corrected chi connectivity index (χ0v) is 6.89. The van der Waals surface area contributed by atoms with Crippen molar-refractivity contribution in [3.8, 4) is 0 Å². The molecule has 0 heterocycles. The van der Waals surface area contributed by atoms with Gasteiger partial charge in [-0.15, -0.1) is 0 Å². The number of Topliss-reactive ketones (excluding diaryl/α,β-unsaturated/α-hetero) is 1. The number of carbonyl (C=O) groups excluding carboxylic acids is 1. The van der Waals surface area contributed by atoms with Crippen LogP contribution in [0.5, 0.6) is 0 Å². The minimum absolute atomic E-state index is 0.469. The standard InChI is InChI=1S/C9H16O/c1-7-3-5-9(10)6-4-8(7)2/h7-8H,3-6H2,1-2H3/t7-,8-/m1/s1. The van der Waals surface area contributed by atoms with Crippen LogP contribution in [0.2, 0.25) is 0 Å². The van der Waals surface area contributed by atoms with E-state index in [1.54, 1.807) is 0 Å². The van der Waals surface area contributed by atoms with Gasteiger partial charge in [0.1, 0.15) is 5.78 Å². The fourth-order valence-electron chi connectivity index (χ4n) is 1.47. The molecule has 0 spiro atoms. The molecule has 1 nitrogen and oxygen atoms in total. The van der Waals surface area contributed by atoms with E-state index in [1.165, 1.54) is 0 Å². The lowest BCUT2D eigenvalue weighted by molar-refractivity contribution is -0.119. The second kappa shape index (κ2) is 3.18. The average Bonchev–Trinajstić information content (AvgIpc) is 2.04. The molecule has 0 aromatic carbocycles. The summed E-state index contributed by atoms with van der Waals surface area (Å²) in [5.74, 6) is 1.98. The number of carbonyl (C=O) groups is 1. The normalized spacial score (nSPS) is 35.6. The van der Waals surface area contributed by atoms with Crippen LogP contribution in [-0.2, 0) is 4.79 Å². The minimum Gasteiger partial charge on any atom is -0.300 e. The van der Waals surface area contributed by atoms with Gasteiger partial charge in [-0.3, -0.25) is 4.79 Å². The van der Waals surface area contributed by atoms with Crippen LogP contribution >= 0.6 is 0 Å². The molecule has 0 aliphatic heterocycles. The Morgan fingerprint density at radius 3 is 1.90 bits per heavy atom. The van der Waals surface area contributed by atoms with E-state index in [9.17, 15) is 4.79 Å². The smallest absolute Gasteiger partial charge is 0.132 e. The highest BCUT2D eigenvalue weighted by Crippen LogP contribution is 2.25. The maximum Gasteiger partial charge on any atom is 0.132 e. The van der Waals surface area contributed by atoms with Crippen molar-refractivity contribution < 1.29 is 4.79 Å². The van der Waals surface area contributed by atoms with E-state index in [-0.39, 0.29) is 0 Å². The van der Waals surface area contributed by atoms with Crippen LogP contribution < -0.4 is 0 Å². The van der Waals surface area contributed by atoms with Crippen molar-refractivity contribution >= 4 is 5.78 Å². The quantitative estimate of drug-likeness (QED) is 0.472. The van der Waals surface area contributed by atoms with Gasteiger partial charge in [0.05, 0.1) is 0 Å². The summed E-state index contributed by atoms with van der Waals surface area (Å²) >= 11 is 0. The molecule has 1 heteroatoms. The Morgan fingerprint density at radius 2 is 1.50 bits per heavy atom. The summed E-state index contributed by atoms with van der Waals surface area (Å²) in [6, 6.07) is 0. The molecule has 0 radical (unpaired) electrons. The highest BCUT2D eigenvalue weighted by molar-refractivity contribution is 5.78. The third-order valence-corrected chi connectivity index (χ3v) is 2.73. The molecule has 0 amide bonds. The Morgan fingerprint density at radius 1 is 1.10 bits per heavy atom. The Kier molecular flexibility index (Phi) is 2.47. The van der Waals surface area contributed by atoms with E-state index in [4.69, 9.17) is 0 Å². The lowest BCUT2D eigenvalue weighted by Crippen LogP contribution is -2.04. The first-order valence-corrected chi connectivity index (χ1v) is 4.22. The second-order valence-corrected chi connectivity index (χ2v) is 3.57. The molecule has 1 rings (SSSR count). The second-order valence-electron chi connectivity index (χ2n) is 3.57. The molecule has 1 saturated carbocycles. The minimum atomic E-state index is 0.469. The third-order valence-electron chi connectivity index (χ3n) is 2.73. The average molecular weight is 140 g/mol. The van der Waals surface area contributed by atoms with Gasteiger partial charge in [-0.2, -0.15) is 0 Å². The highest BCUT2D eigenvalue weighted by Gasteiger charge is 2.18. The lowest BCUT2D eigenvalue weighted by atomic mass is 9.92. The Hall–Kier alpha value is -0.330. The van der Waals surface area contributed by atoms with Gasteiger partial charge in [0.2, 0.25) is 0 Å². The van der Waals surface area contributed by atoms with Crippen molar-refractivity contribution in [2.24, 2.45) is 11.8 Å². The summed E-state index contributed by atoms with van der Waals surface area (Å²) < 4.78 is 0. The third kappa shape index (κ3) is 1.83. The summed E-state index contributed by atoms with van der Waals surface area (Å²) in [5, 5.41) is 0. The van der Waals surface area contributed by atoms with Gasteiger partial charge in [0, 0.05) is 12.8 Å². The van der Waals surface area contributed by atoms with Crippen LogP contribution in [0.3, 0.4) is 0 Å². The largest absolute Gasteiger partial charge is 0.300 e. The molecule has 0 bridgehead atoms.